The van der Waals surface area contributed by atoms with Gasteiger partial charge in [0.2, 0.25) is 0 Å². The van der Waals surface area contributed by atoms with Crippen molar-refractivity contribution >= 4 is 11.7 Å². The maximum absolute atomic E-state index is 12.4. The number of piperazine rings is 1. The molecule has 0 saturated carbocycles. The van der Waals surface area contributed by atoms with Crippen LogP contribution in [0.5, 0.6) is 0 Å². The van der Waals surface area contributed by atoms with E-state index in [-0.39, 0.29) is 24.8 Å². The molecule has 3 N–H and O–H groups in total. The second-order valence-electron chi connectivity index (χ2n) is 8.02. The lowest BCUT2D eigenvalue weighted by atomic mass is 10.0. The number of benzene rings is 1. The molecule has 1 aromatic carbocycles. The highest BCUT2D eigenvalue weighted by atomic mass is 16.5. The third kappa shape index (κ3) is 4.70. The molecular weight excluding hydrogens is 388 g/mol. The van der Waals surface area contributed by atoms with Crippen LogP contribution in [0.2, 0.25) is 0 Å². The topological polar surface area (TPSA) is 97.7 Å². The van der Waals surface area contributed by atoms with Crippen LogP contribution in [0.4, 0.5) is 10.5 Å². The number of aliphatic hydroxyl groups excluding tert-OH is 2. The Bertz CT molecular complexity index is 679. The van der Waals surface area contributed by atoms with E-state index in [2.05, 4.69) is 27.2 Å². The van der Waals surface area contributed by atoms with E-state index in [1.165, 1.54) is 5.69 Å². The summed E-state index contributed by atoms with van der Waals surface area (Å²) in [6, 6.07) is 9.90. The summed E-state index contributed by atoms with van der Waals surface area (Å²) in [5.41, 5.74) is 1.20. The number of carbonyl (C=O) groups excluding carboxylic acids is 1. The fraction of sp³-hybridized carbons (Fsp3) is 0.667. The Labute approximate surface area is 177 Å². The van der Waals surface area contributed by atoms with Gasteiger partial charge in [-0.3, -0.25) is 4.90 Å². The van der Waals surface area contributed by atoms with Crippen LogP contribution in [0.25, 0.3) is 0 Å². The lowest BCUT2D eigenvalue weighted by molar-refractivity contribution is -0.0211. The van der Waals surface area contributed by atoms with Gasteiger partial charge < -0.3 is 34.8 Å². The van der Waals surface area contributed by atoms with Crippen molar-refractivity contribution in [2.75, 3.05) is 70.5 Å². The normalized spacial score (nSPS) is 30.5. The van der Waals surface area contributed by atoms with Crippen LogP contribution in [0.1, 0.15) is 0 Å². The summed E-state index contributed by atoms with van der Waals surface area (Å²) in [7, 11) is 0. The van der Waals surface area contributed by atoms with Crippen LogP contribution < -0.4 is 10.2 Å². The number of carbonyl (C=O) groups is 1. The first kappa shape index (κ1) is 21.3. The Morgan fingerprint density at radius 2 is 1.73 bits per heavy atom. The number of ether oxygens (including phenoxy) is 2. The number of nitrogens with one attached hydrogen (secondary N) is 1. The summed E-state index contributed by atoms with van der Waals surface area (Å²) in [6.07, 6.45) is -1.79. The average Bonchev–Trinajstić information content (AvgIpc) is 3.14. The van der Waals surface area contributed by atoms with Crippen molar-refractivity contribution in [3.05, 3.63) is 30.3 Å². The lowest BCUT2D eigenvalue weighted by Crippen LogP contribution is -2.58. The molecule has 4 atom stereocenters. The van der Waals surface area contributed by atoms with Gasteiger partial charge in [0.05, 0.1) is 32.0 Å². The molecule has 3 fully saturated rings. The summed E-state index contributed by atoms with van der Waals surface area (Å²) in [5, 5.41) is 23.3. The molecule has 9 nitrogen and oxygen atoms in total. The fourth-order valence-electron chi connectivity index (χ4n) is 4.58. The van der Waals surface area contributed by atoms with Crippen LogP contribution in [-0.2, 0) is 9.47 Å². The Kier molecular flexibility index (Phi) is 7.06. The SMILES string of the molecule is O=C(NCC1OC(CO)C(O)C1N1CCN(c2ccccc2)CC1)N1CCOCC1. The molecule has 0 spiro atoms. The van der Waals surface area contributed by atoms with E-state index in [0.29, 0.717) is 32.8 Å². The number of urea groups is 1. The molecule has 0 aliphatic carbocycles. The number of anilines is 1. The summed E-state index contributed by atoms with van der Waals surface area (Å²) in [6.45, 7) is 5.57. The molecule has 4 rings (SSSR count). The number of morpholine rings is 1. The highest BCUT2D eigenvalue weighted by Crippen LogP contribution is 2.27. The predicted molar refractivity (Wildman–Crippen MR) is 112 cm³/mol. The molecule has 3 saturated heterocycles. The number of hydrogen-bond acceptors (Lipinski definition) is 7. The number of para-hydroxylation sites is 1. The molecule has 166 valence electrons. The molecule has 3 aliphatic heterocycles. The molecule has 3 aliphatic rings. The Balaban J connectivity index is 1.35. The van der Waals surface area contributed by atoms with E-state index in [1.807, 2.05) is 18.2 Å². The van der Waals surface area contributed by atoms with E-state index < -0.39 is 12.2 Å². The molecule has 0 radical (unpaired) electrons. The number of aliphatic hydroxyl groups is 2. The van der Waals surface area contributed by atoms with Crippen molar-refractivity contribution in [1.29, 1.82) is 0 Å². The van der Waals surface area contributed by atoms with Gasteiger partial charge in [-0.2, -0.15) is 0 Å². The predicted octanol–water partition coefficient (Wildman–Crippen LogP) is -0.660. The van der Waals surface area contributed by atoms with Crippen LogP contribution in [-0.4, -0.2) is 116 Å². The summed E-state index contributed by atoms with van der Waals surface area (Å²) in [5.74, 6) is 0. The Morgan fingerprint density at radius 1 is 1.03 bits per heavy atom. The third-order valence-electron chi connectivity index (χ3n) is 6.25. The van der Waals surface area contributed by atoms with Crippen molar-refractivity contribution in [3.8, 4) is 0 Å². The van der Waals surface area contributed by atoms with Gasteiger partial charge in [-0.25, -0.2) is 4.79 Å². The smallest absolute Gasteiger partial charge is 0.317 e. The summed E-state index contributed by atoms with van der Waals surface area (Å²) in [4.78, 5) is 18.7. The molecule has 4 unspecified atom stereocenters. The minimum Gasteiger partial charge on any atom is -0.394 e. The first-order valence-electron chi connectivity index (χ1n) is 10.8. The van der Waals surface area contributed by atoms with Gasteiger partial charge in [0.1, 0.15) is 12.2 Å². The zero-order valence-corrected chi connectivity index (χ0v) is 17.2. The Hall–Kier alpha value is -1.91. The van der Waals surface area contributed by atoms with Gasteiger partial charge in [0, 0.05) is 51.5 Å². The summed E-state index contributed by atoms with van der Waals surface area (Å²) < 4.78 is 11.2. The first-order chi connectivity index (χ1) is 14.7. The third-order valence-corrected chi connectivity index (χ3v) is 6.25. The van der Waals surface area contributed by atoms with Gasteiger partial charge in [0.25, 0.3) is 0 Å². The van der Waals surface area contributed by atoms with Gasteiger partial charge in [-0.05, 0) is 12.1 Å². The molecule has 2 amide bonds. The highest BCUT2D eigenvalue weighted by molar-refractivity contribution is 5.74. The van der Waals surface area contributed by atoms with Crippen LogP contribution >= 0.6 is 0 Å². The fourth-order valence-corrected chi connectivity index (χ4v) is 4.58. The standard InChI is InChI=1S/C21H32N4O5/c26-15-18-20(27)19(17(30-18)14-22-21(28)25-10-12-29-13-11-25)24-8-6-23(7-9-24)16-4-2-1-3-5-16/h1-5,17-20,26-27H,6-15H2,(H,22,28). The molecular formula is C21H32N4O5. The van der Waals surface area contributed by atoms with Crippen molar-refractivity contribution in [3.63, 3.8) is 0 Å². The van der Waals surface area contributed by atoms with Crippen molar-refractivity contribution in [1.82, 2.24) is 15.1 Å². The zero-order valence-electron chi connectivity index (χ0n) is 17.2. The first-order valence-corrected chi connectivity index (χ1v) is 10.8. The van der Waals surface area contributed by atoms with Crippen LogP contribution in [0.3, 0.4) is 0 Å². The van der Waals surface area contributed by atoms with Crippen molar-refractivity contribution < 1.29 is 24.5 Å². The Morgan fingerprint density at radius 3 is 2.40 bits per heavy atom. The van der Waals surface area contributed by atoms with Crippen molar-refractivity contribution in [2.24, 2.45) is 0 Å². The van der Waals surface area contributed by atoms with Gasteiger partial charge in [0.15, 0.2) is 0 Å². The second kappa shape index (κ2) is 9.93. The molecule has 3 heterocycles. The molecule has 9 heteroatoms. The minimum atomic E-state index is -0.788. The number of nitrogens with zero attached hydrogens (tertiary/aromatic N) is 3. The minimum absolute atomic E-state index is 0.142. The van der Waals surface area contributed by atoms with E-state index in [4.69, 9.17) is 9.47 Å². The zero-order chi connectivity index (χ0) is 20.9. The second-order valence-corrected chi connectivity index (χ2v) is 8.02. The monoisotopic (exact) mass is 420 g/mol. The number of amides is 2. The van der Waals surface area contributed by atoms with E-state index in [9.17, 15) is 15.0 Å². The van der Waals surface area contributed by atoms with E-state index in [1.54, 1.807) is 4.90 Å². The molecule has 1 aromatic rings. The summed E-state index contributed by atoms with van der Waals surface area (Å²) >= 11 is 0. The average molecular weight is 421 g/mol. The van der Waals surface area contributed by atoms with Gasteiger partial charge in [-0.15, -0.1) is 0 Å². The van der Waals surface area contributed by atoms with Gasteiger partial charge >= 0.3 is 6.03 Å². The maximum Gasteiger partial charge on any atom is 0.317 e. The quantitative estimate of drug-likeness (QED) is 0.582. The lowest BCUT2D eigenvalue weighted by Gasteiger charge is -2.41. The van der Waals surface area contributed by atoms with Gasteiger partial charge in [-0.1, -0.05) is 18.2 Å². The molecule has 0 aromatic heterocycles. The molecule has 30 heavy (non-hydrogen) atoms. The van der Waals surface area contributed by atoms with Crippen LogP contribution in [0.15, 0.2) is 30.3 Å². The number of hydrogen-bond donors (Lipinski definition) is 3. The van der Waals surface area contributed by atoms with E-state index in [0.717, 1.165) is 26.2 Å². The van der Waals surface area contributed by atoms with Crippen molar-refractivity contribution in [2.45, 2.75) is 24.4 Å². The van der Waals surface area contributed by atoms with Crippen LogP contribution in [0, 0.1) is 0 Å². The number of rotatable bonds is 5. The highest BCUT2D eigenvalue weighted by Gasteiger charge is 2.46. The maximum atomic E-state index is 12.4. The largest absolute Gasteiger partial charge is 0.394 e. The van der Waals surface area contributed by atoms with E-state index >= 15 is 0 Å². The molecule has 0 bridgehead atoms.